The van der Waals surface area contributed by atoms with Crippen molar-refractivity contribution in [2.75, 3.05) is 0 Å². The molecule has 1 heterocycles. The second-order valence-corrected chi connectivity index (χ2v) is 5.96. The van der Waals surface area contributed by atoms with Crippen LogP contribution in [0, 0.1) is 5.92 Å². The fourth-order valence-corrected chi connectivity index (χ4v) is 2.73. The van der Waals surface area contributed by atoms with Gasteiger partial charge in [0.2, 0.25) is 5.91 Å². The maximum Gasteiger partial charge on any atom is 0.391 e. The largest absolute Gasteiger partial charge is 0.391 e. The Bertz CT molecular complexity index is 331. The molecule has 0 radical (unpaired) electrons. The van der Waals surface area contributed by atoms with E-state index in [9.17, 15) is 18.0 Å². The number of carbonyl (C=O) groups is 1. The molecule has 20 heavy (non-hydrogen) atoms. The standard InChI is InChI=1S/C14H25F3N2O/c1-5-6-7-11-13(20)19(12(18-11)9(2)3)10(4)8-14(15,16)17/h9-12,18H,5-8H2,1-4H3. The first kappa shape index (κ1) is 17.3. The minimum Gasteiger partial charge on any atom is -0.322 e. The molecule has 3 unspecified atom stereocenters. The molecule has 0 bridgehead atoms. The lowest BCUT2D eigenvalue weighted by Gasteiger charge is -2.33. The highest BCUT2D eigenvalue weighted by atomic mass is 19.4. The van der Waals surface area contributed by atoms with Gasteiger partial charge < -0.3 is 4.90 Å². The summed E-state index contributed by atoms with van der Waals surface area (Å²) in [4.78, 5) is 13.8. The number of nitrogens with zero attached hydrogens (tertiary/aromatic N) is 1. The first-order valence-electron chi connectivity index (χ1n) is 7.32. The van der Waals surface area contributed by atoms with Gasteiger partial charge in [0, 0.05) is 6.04 Å². The van der Waals surface area contributed by atoms with Gasteiger partial charge >= 0.3 is 6.18 Å². The molecular formula is C14H25F3N2O. The molecule has 1 rings (SSSR count). The molecule has 0 aromatic heterocycles. The molecule has 3 nitrogen and oxygen atoms in total. The van der Waals surface area contributed by atoms with Crippen LogP contribution >= 0.6 is 0 Å². The van der Waals surface area contributed by atoms with Crippen LogP contribution in [-0.2, 0) is 4.79 Å². The molecule has 118 valence electrons. The van der Waals surface area contributed by atoms with E-state index < -0.39 is 18.6 Å². The second kappa shape index (κ2) is 6.78. The van der Waals surface area contributed by atoms with Crippen LogP contribution in [0.5, 0.6) is 0 Å². The summed E-state index contributed by atoms with van der Waals surface area (Å²) < 4.78 is 37.7. The number of amides is 1. The number of alkyl halides is 3. The summed E-state index contributed by atoms with van der Waals surface area (Å²) in [5.74, 6) is -0.102. The van der Waals surface area contributed by atoms with Gasteiger partial charge in [0.05, 0.1) is 18.6 Å². The van der Waals surface area contributed by atoms with E-state index in [0.29, 0.717) is 6.42 Å². The van der Waals surface area contributed by atoms with Crippen LogP contribution < -0.4 is 5.32 Å². The summed E-state index contributed by atoms with van der Waals surface area (Å²) in [6.45, 7) is 7.34. The smallest absolute Gasteiger partial charge is 0.322 e. The van der Waals surface area contributed by atoms with E-state index in [-0.39, 0.29) is 24.0 Å². The zero-order chi connectivity index (χ0) is 15.5. The van der Waals surface area contributed by atoms with E-state index in [2.05, 4.69) is 5.32 Å². The molecule has 1 aliphatic rings. The number of unbranched alkanes of at least 4 members (excludes halogenated alkanes) is 1. The minimum absolute atomic E-state index is 0.0845. The van der Waals surface area contributed by atoms with Crippen molar-refractivity contribution in [3.05, 3.63) is 0 Å². The first-order chi connectivity index (χ1) is 9.17. The Morgan fingerprint density at radius 3 is 2.35 bits per heavy atom. The second-order valence-electron chi connectivity index (χ2n) is 5.96. The third-order valence-electron chi connectivity index (χ3n) is 3.70. The monoisotopic (exact) mass is 294 g/mol. The normalized spacial score (nSPS) is 25.6. The highest BCUT2D eigenvalue weighted by Gasteiger charge is 2.44. The van der Waals surface area contributed by atoms with Gasteiger partial charge in [-0.2, -0.15) is 13.2 Å². The summed E-state index contributed by atoms with van der Waals surface area (Å²) in [6, 6.07) is -1.16. The molecule has 3 atom stereocenters. The molecule has 0 aromatic rings. The van der Waals surface area contributed by atoms with E-state index in [1.807, 2.05) is 20.8 Å². The molecule has 1 N–H and O–H groups in total. The molecule has 0 spiro atoms. The van der Waals surface area contributed by atoms with Crippen LogP contribution in [0.3, 0.4) is 0 Å². The Labute approximate surface area is 118 Å². The van der Waals surface area contributed by atoms with Crippen molar-refractivity contribution in [3.8, 4) is 0 Å². The summed E-state index contributed by atoms with van der Waals surface area (Å²) in [5.41, 5.74) is 0. The summed E-state index contributed by atoms with van der Waals surface area (Å²) >= 11 is 0. The van der Waals surface area contributed by atoms with Gasteiger partial charge in [0.1, 0.15) is 0 Å². The molecular weight excluding hydrogens is 269 g/mol. The fourth-order valence-electron chi connectivity index (χ4n) is 2.73. The number of hydrogen-bond donors (Lipinski definition) is 1. The van der Waals surface area contributed by atoms with E-state index in [1.165, 1.54) is 11.8 Å². The zero-order valence-electron chi connectivity index (χ0n) is 12.6. The summed E-state index contributed by atoms with van der Waals surface area (Å²) in [5, 5.41) is 3.20. The van der Waals surface area contributed by atoms with Gasteiger partial charge in [-0.25, -0.2) is 0 Å². The number of nitrogens with one attached hydrogen (secondary N) is 1. The maximum absolute atomic E-state index is 12.6. The van der Waals surface area contributed by atoms with Crippen LogP contribution in [0.2, 0.25) is 0 Å². The van der Waals surface area contributed by atoms with Gasteiger partial charge in [-0.05, 0) is 19.3 Å². The summed E-state index contributed by atoms with van der Waals surface area (Å²) in [6.07, 6.45) is -2.95. The van der Waals surface area contributed by atoms with Crippen molar-refractivity contribution in [1.29, 1.82) is 0 Å². The Kier molecular flexibility index (Phi) is 5.86. The predicted molar refractivity (Wildman–Crippen MR) is 72.1 cm³/mol. The van der Waals surface area contributed by atoms with E-state index >= 15 is 0 Å². The number of carbonyl (C=O) groups excluding carboxylic acids is 1. The predicted octanol–water partition coefficient (Wildman–Crippen LogP) is 3.30. The molecule has 1 saturated heterocycles. The lowest BCUT2D eigenvalue weighted by Crippen LogP contribution is -2.47. The molecule has 0 saturated carbocycles. The lowest BCUT2D eigenvalue weighted by molar-refractivity contribution is -0.154. The van der Waals surface area contributed by atoms with Crippen molar-refractivity contribution in [1.82, 2.24) is 10.2 Å². The van der Waals surface area contributed by atoms with Crippen molar-refractivity contribution < 1.29 is 18.0 Å². The van der Waals surface area contributed by atoms with Gasteiger partial charge in [-0.15, -0.1) is 0 Å². The molecule has 6 heteroatoms. The van der Waals surface area contributed by atoms with Gasteiger partial charge in [-0.1, -0.05) is 33.6 Å². The quantitative estimate of drug-likeness (QED) is 0.815. The van der Waals surface area contributed by atoms with Crippen LogP contribution in [0.4, 0.5) is 13.2 Å². The minimum atomic E-state index is -4.25. The van der Waals surface area contributed by atoms with Gasteiger partial charge in [0.15, 0.2) is 0 Å². The molecule has 1 amide bonds. The highest BCUT2D eigenvalue weighted by Crippen LogP contribution is 2.29. The average Bonchev–Trinajstić information content (AvgIpc) is 2.61. The van der Waals surface area contributed by atoms with Crippen molar-refractivity contribution >= 4 is 5.91 Å². The third kappa shape index (κ3) is 4.36. The Hall–Kier alpha value is -0.780. The van der Waals surface area contributed by atoms with Crippen LogP contribution in [0.15, 0.2) is 0 Å². The Balaban J connectivity index is 2.81. The SMILES string of the molecule is CCCCC1NC(C(C)C)N(C(C)CC(F)(F)F)C1=O. The number of halogens is 3. The van der Waals surface area contributed by atoms with Crippen molar-refractivity contribution in [2.24, 2.45) is 5.92 Å². The maximum atomic E-state index is 12.6. The van der Waals surface area contributed by atoms with Crippen LogP contribution in [-0.4, -0.2) is 35.2 Å². The van der Waals surface area contributed by atoms with E-state index in [1.54, 1.807) is 0 Å². The highest BCUT2D eigenvalue weighted by molar-refractivity contribution is 5.84. The van der Waals surface area contributed by atoms with Gasteiger partial charge in [-0.3, -0.25) is 10.1 Å². The lowest BCUT2D eigenvalue weighted by atomic mass is 10.1. The van der Waals surface area contributed by atoms with E-state index in [0.717, 1.165) is 12.8 Å². The van der Waals surface area contributed by atoms with Crippen LogP contribution in [0.1, 0.15) is 53.4 Å². The number of rotatable bonds is 6. The van der Waals surface area contributed by atoms with Crippen molar-refractivity contribution in [3.63, 3.8) is 0 Å². The topological polar surface area (TPSA) is 32.3 Å². The first-order valence-corrected chi connectivity index (χ1v) is 7.32. The average molecular weight is 294 g/mol. The summed E-state index contributed by atoms with van der Waals surface area (Å²) in [7, 11) is 0. The van der Waals surface area contributed by atoms with Crippen molar-refractivity contribution in [2.45, 2.75) is 77.8 Å². The van der Waals surface area contributed by atoms with E-state index in [4.69, 9.17) is 0 Å². The molecule has 0 aliphatic carbocycles. The molecule has 1 fully saturated rings. The molecule has 0 aromatic carbocycles. The Morgan fingerprint density at radius 1 is 1.30 bits per heavy atom. The van der Waals surface area contributed by atoms with Crippen LogP contribution in [0.25, 0.3) is 0 Å². The zero-order valence-corrected chi connectivity index (χ0v) is 12.6. The Morgan fingerprint density at radius 2 is 1.90 bits per heavy atom. The third-order valence-corrected chi connectivity index (χ3v) is 3.70. The molecule has 1 aliphatic heterocycles. The number of hydrogen-bond acceptors (Lipinski definition) is 2. The fraction of sp³-hybridized carbons (Fsp3) is 0.929. The van der Waals surface area contributed by atoms with Gasteiger partial charge in [0.25, 0.3) is 0 Å².